The predicted molar refractivity (Wildman–Crippen MR) is 95.7 cm³/mol. The van der Waals surface area contributed by atoms with Gasteiger partial charge in [-0.2, -0.15) is 5.10 Å². The van der Waals surface area contributed by atoms with E-state index in [4.69, 9.17) is 4.74 Å². The molecule has 1 heterocycles. The van der Waals surface area contributed by atoms with Gasteiger partial charge in [-0.15, -0.1) is 0 Å². The summed E-state index contributed by atoms with van der Waals surface area (Å²) >= 11 is 0. The standard InChI is InChI=1S/C19H17FN4O3/c1-13(27-17-10-6-5-9-16(17)20)18(25)22-23-19(26)14-11-21-24(12-14)15-7-3-2-4-8-15/h2-13H,1H3,(H,22,25)(H,23,26). The minimum atomic E-state index is -1.01. The third kappa shape index (κ3) is 4.49. The van der Waals surface area contributed by atoms with E-state index in [9.17, 15) is 14.0 Å². The molecule has 1 aromatic heterocycles. The van der Waals surface area contributed by atoms with Crippen molar-refractivity contribution in [1.29, 1.82) is 0 Å². The van der Waals surface area contributed by atoms with Gasteiger partial charge in [0.15, 0.2) is 17.7 Å². The summed E-state index contributed by atoms with van der Waals surface area (Å²) in [5, 5.41) is 4.11. The van der Waals surface area contributed by atoms with Gasteiger partial charge in [0.25, 0.3) is 11.8 Å². The first-order chi connectivity index (χ1) is 13.0. The van der Waals surface area contributed by atoms with Crippen LogP contribution in [0.1, 0.15) is 17.3 Å². The third-order valence-electron chi connectivity index (χ3n) is 3.67. The molecule has 2 amide bonds. The number of amides is 2. The molecule has 1 atom stereocenters. The number of hydrazine groups is 1. The second-order valence-electron chi connectivity index (χ2n) is 5.64. The number of para-hydroxylation sites is 2. The van der Waals surface area contributed by atoms with E-state index in [0.29, 0.717) is 0 Å². The quantitative estimate of drug-likeness (QED) is 0.677. The maximum atomic E-state index is 13.6. The zero-order valence-electron chi connectivity index (χ0n) is 14.4. The summed E-state index contributed by atoms with van der Waals surface area (Å²) in [6.45, 7) is 1.45. The molecule has 0 fully saturated rings. The molecule has 27 heavy (non-hydrogen) atoms. The first kappa shape index (κ1) is 18.1. The molecule has 2 N–H and O–H groups in total. The zero-order chi connectivity index (χ0) is 19.2. The van der Waals surface area contributed by atoms with Gasteiger partial charge < -0.3 is 4.74 Å². The summed E-state index contributed by atoms with van der Waals surface area (Å²) in [5.74, 6) is -1.78. The van der Waals surface area contributed by atoms with E-state index in [1.807, 2.05) is 30.3 Å². The van der Waals surface area contributed by atoms with Crippen LogP contribution in [0.2, 0.25) is 0 Å². The molecule has 2 aromatic carbocycles. The predicted octanol–water partition coefficient (Wildman–Crippen LogP) is 2.24. The Bertz CT molecular complexity index is 943. The number of hydrogen-bond acceptors (Lipinski definition) is 4. The molecule has 8 heteroatoms. The number of halogens is 1. The maximum absolute atomic E-state index is 13.6. The van der Waals surface area contributed by atoms with Crippen molar-refractivity contribution in [2.24, 2.45) is 0 Å². The van der Waals surface area contributed by atoms with Crippen LogP contribution in [0.25, 0.3) is 5.69 Å². The van der Waals surface area contributed by atoms with Gasteiger partial charge in [0.05, 0.1) is 17.4 Å². The monoisotopic (exact) mass is 368 g/mol. The Balaban J connectivity index is 1.55. The van der Waals surface area contributed by atoms with E-state index in [-0.39, 0.29) is 11.3 Å². The first-order valence-corrected chi connectivity index (χ1v) is 8.16. The van der Waals surface area contributed by atoms with Crippen molar-refractivity contribution >= 4 is 11.8 Å². The van der Waals surface area contributed by atoms with Crippen LogP contribution >= 0.6 is 0 Å². The molecule has 0 spiro atoms. The average molecular weight is 368 g/mol. The SMILES string of the molecule is CC(Oc1ccccc1F)C(=O)NNC(=O)c1cnn(-c2ccccc2)c1. The molecule has 0 saturated carbocycles. The summed E-state index contributed by atoms with van der Waals surface area (Å²) in [6.07, 6.45) is 1.92. The van der Waals surface area contributed by atoms with Crippen molar-refractivity contribution in [3.63, 3.8) is 0 Å². The third-order valence-corrected chi connectivity index (χ3v) is 3.67. The molecule has 0 aliphatic heterocycles. The van der Waals surface area contributed by atoms with Crippen LogP contribution in [0.5, 0.6) is 5.75 Å². The number of rotatable bonds is 5. The molecule has 138 valence electrons. The van der Waals surface area contributed by atoms with Crippen molar-refractivity contribution < 1.29 is 18.7 Å². The van der Waals surface area contributed by atoms with Crippen LogP contribution < -0.4 is 15.6 Å². The Labute approximate surface area is 154 Å². The normalized spacial score (nSPS) is 11.5. The summed E-state index contributed by atoms with van der Waals surface area (Å²) < 4.78 is 20.3. The summed E-state index contributed by atoms with van der Waals surface area (Å²) in [6, 6.07) is 15.0. The Kier molecular flexibility index (Phi) is 5.46. The number of nitrogens with one attached hydrogen (secondary N) is 2. The van der Waals surface area contributed by atoms with E-state index in [2.05, 4.69) is 16.0 Å². The van der Waals surface area contributed by atoms with E-state index in [0.717, 1.165) is 5.69 Å². The van der Waals surface area contributed by atoms with Crippen LogP contribution in [0, 0.1) is 5.82 Å². The highest BCUT2D eigenvalue weighted by molar-refractivity contribution is 5.95. The Hall–Kier alpha value is -3.68. The molecular formula is C19H17FN4O3. The van der Waals surface area contributed by atoms with E-state index >= 15 is 0 Å². The van der Waals surface area contributed by atoms with Gasteiger partial charge in [0, 0.05) is 6.20 Å². The first-order valence-electron chi connectivity index (χ1n) is 8.16. The van der Waals surface area contributed by atoms with Gasteiger partial charge in [0.2, 0.25) is 0 Å². The molecule has 0 bridgehead atoms. The molecular weight excluding hydrogens is 351 g/mol. The Morgan fingerprint density at radius 1 is 1.07 bits per heavy atom. The number of aromatic nitrogens is 2. The van der Waals surface area contributed by atoms with Crippen molar-refractivity contribution in [3.8, 4) is 11.4 Å². The van der Waals surface area contributed by atoms with Crippen molar-refractivity contribution in [2.75, 3.05) is 0 Å². The minimum absolute atomic E-state index is 0.0457. The topological polar surface area (TPSA) is 85.2 Å². The zero-order valence-corrected chi connectivity index (χ0v) is 14.4. The molecule has 0 aliphatic carbocycles. The fourth-order valence-electron chi connectivity index (χ4n) is 2.24. The second kappa shape index (κ2) is 8.13. The second-order valence-corrected chi connectivity index (χ2v) is 5.64. The highest BCUT2D eigenvalue weighted by Gasteiger charge is 2.18. The average Bonchev–Trinajstić information content (AvgIpc) is 3.18. The van der Waals surface area contributed by atoms with Crippen LogP contribution in [0.4, 0.5) is 4.39 Å². The van der Waals surface area contributed by atoms with Gasteiger partial charge >= 0.3 is 0 Å². The van der Waals surface area contributed by atoms with Gasteiger partial charge in [-0.25, -0.2) is 9.07 Å². The van der Waals surface area contributed by atoms with Crippen molar-refractivity contribution in [2.45, 2.75) is 13.0 Å². The van der Waals surface area contributed by atoms with Gasteiger partial charge in [-0.1, -0.05) is 30.3 Å². The smallest absolute Gasteiger partial charge is 0.279 e. The fraction of sp³-hybridized carbons (Fsp3) is 0.105. The maximum Gasteiger partial charge on any atom is 0.279 e. The van der Waals surface area contributed by atoms with Gasteiger partial charge in [-0.3, -0.25) is 20.4 Å². The molecule has 0 radical (unpaired) electrons. The lowest BCUT2D eigenvalue weighted by molar-refractivity contribution is -0.128. The summed E-state index contributed by atoms with van der Waals surface area (Å²) in [5.41, 5.74) is 5.59. The molecule has 0 aliphatic rings. The number of nitrogens with zero attached hydrogens (tertiary/aromatic N) is 2. The fourth-order valence-corrected chi connectivity index (χ4v) is 2.24. The van der Waals surface area contributed by atoms with Crippen LogP contribution in [0.15, 0.2) is 67.0 Å². The van der Waals surface area contributed by atoms with E-state index in [1.54, 1.807) is 10.7 Å². The highest BCUT2D eigenvalue weighted by Crippen LogP contribution is 2.16. The number of hydrogen-bond donors (Lipinski definition) is 2. The minimum Gasteiger partial charge on any atom is -0.478 e. The number of carbonyl (C=O) groups is 2. The molecule has 7 nitrogen and oxygen atoms in total. The highest BCUT2D eigenvalue weighted by atomic mass is 19.1. The lowest BCUT2D eigenvalue weighted by Gasteiger charge is -2.15. The molecule has 3 aromatic rings. The number of carbonyl (C=O) groups excluding carboxylic acids is 2. The van der Waals surface area contributed by atoms with Gasteiger partial charge in [0.1, 0.15) is 0 Å². The van der Waals surface area contributed by atoms with Crippen LogP contribution in [-0.4, -0.2) is 27.7 Å². The molecule has 3 rings (SSSR count). The van der Waals surface area contributed by atoms with E-state index < -0.39 is 23.7 Å². The van der Waals surface area contributed by atoms with Crippen LogP contribution in [-0.2, 0) is 4.79 Å². The number of benzene rings is 2. The molecule has 0 saturated heterocycles. The van der Waals surface area contributed by atoms with Crippen molar-refractivity contribution in [1.82, 2.24) is 20.6 Å². The Morgan fingerprint density at radius 2 is 1.78 bits per heavy atom. The van der Waals surface area contributed by atoms with E-state index in [1.165, 1.54) is 37.5 Å². The summed E-state index contributed by atoms with van der Waals surface area (Å²) in [4.78, 5) is 24.2. The van der Waals surface area contributed by atoms with Crippen molar-refractivity contribution in [3.05, 3.63) is 78.4 Å². The lowest BCUT2D eigenvalue weighted by atomic mass is 10.3. The molecule has 1 unspecified atom stereocenters. The lowest BCUT2D eigenvalue weighted by Crippen LogP contribution is -2.47. The Morgan fingerprint density at radius 3 is 2.52 bits per heavy atom. The number of ether oxygens (including phenoxy) is 1. The largest absolute Gasteiger partial charge is 0.478 e. The van der Waals surface area contributed by atoms with Gasteiger partial charge in [-0.05, 0) is 31.2 Å². The summed E-state index contributed by atoms with van der Waals surface area (Å²) in [7, 11) is 0. The van der Waals surface area contributed by atoms with Crippen LogP contribution in [0.3, 0.4) is 0 Å².